The molecule has 3 rings (SSSR count). The second-order valence-corrected chi connectivity index (χ2v) is 7.95. The second-order valence-electron chi connectivity index (χ2n) is 6.30. The first kappa shape index (κ1) is 19.7. The van der Waals surface area contributed by atoms with Crippen molar-refractivity contribution in [3.05, 3.63) is 29.8 Å². The summed E-state index contributed by atoms with van der Waals surface area (Å²) in [6, 6.07) is 5.99. The molecule has 9 heteroatoms. The number of hydrogen-bond donors (Lipinski definition) is 3. The fourth-order valence-corrected chi connectivity index (χ4v) is 4.53. The van der Waals surface area contributed by atoms with Gasteiger partial charge in [0.25, 0.3) is 10.0 Å². The van der Waals surface area contributed by atoms with Crippen LogP contribution in [0.5, 0.6) is 0 Å². The Balaban J connectivity index is 0.00000225. The van der Waals surface area contributed by atoms with E-state index in [1.165, 1.54) is 6.07 Å². The number of nitrogens with one attached hydrogen (secondary N) is 2. The number of nitrogens with zero attached hydrogens (tertiary/aromatic N) is 1. The number of hydrogen-bond acceptors (Lipinski definition) is 5. The summed E-state index contributed by atoms with van der Waals surface area (Å²) >= 11 is 0. The van der Waals surface area contributed by atoms with Crippen molar-refractivity contribution in [2.45, 2.75) is 43.2 Å². The van der Waals surface area contributed by atoms with Gasteiger partial charge in [0.2, 0.25) is 5.91 Å². The van der Waals surface area contributed by atoms with E-state index in [1.54, 1.807) is 25.1 Å². The van der Waals surface area contributed by atoms with Gasteiger partial charge < -0.3 is 11.1 Å². The summed E-state index contributed by atoms with van der Waals surface area (Å²) in [4.78, 5) is 16.9. The zero-order valence-electron chi connectivity index (χ0n) is 13.9. The van der Waals surface area contributed by atoms with E-state index in [0.717, 1.165) is 19.3 Å². The SMILES string of the molecule is CC(N=C1NS(=O)(=O)c2ccccc21)C(=O)NC1CCCC1CN.Cl. The number of carbonyl (C=O) groups is 1. The summed E-state index contributed by atoms with van der Waals surface area (Å²) in [6.45, 7) is 2.21. The molecule has 0 aromatic heterocycles. The summed E-state index contributed by atoms with van der Waals surface area (Å²) in [5.74, 6) is 0.311. The van der Waals surface area contributed by atoms with Crippen LogP contribution in [0.1, 0.15) is 31.7 Å². The zero-order valence-corrected chi connectivity index (χ0v) is 15.6. The Labute approximate surface area is 153 Å². The van der Waals surface area contributed by atoms with E-state index in [4.69, 9.17) is 5.73 Å². The van der Waals surface area contributed by atoms with Crippen molar-refractivity contribution >= 4 is 34.2 Å². The number of rotatable bonds is 4. The number of nitrogens with two attached hydrogens (primary N) is 1. The molecular weight excluding hydrogens is 364 g/mol. The van der Waals surface area contributed by atoms with Gasteiger partial charge in [-0.3, -0.25) is 14.5 Å². The molecule has 1 aliphatic heterocycles. The molecule has 3 atom stereocenters. The predicted molar refractivity (Wildman–Crippen MR) is 98.3 cm³/mol. The average molecular weight is 387 g/mol. The largest absolute Gasteiger partial charge is 0.351 e. The Bertz CT molecular complexity index is 781. The van der Waals surface area contributed by atoms with Gasteiger partial charge in [-0.1, -0.05) is 18.6 Å². The van der Waals surface area contributed by atoms with E-state index in [2.05, 4.69) is 15.0 Å². The predicted octanol–water partition coefficient (Wildman–Crippen LogP) is 0.779. The van der Waals surface area contributed by atoms with Gasteiger partial charge in [0.1, 0.15) is 11.9 Å². The standard InChI is InChI=1S/C16H22N4O3S.ClH/c1-10(16(21)19-13-7-4-5-11(13)9-17)18-15-12-6-2-3-8-14(12)24(22,23)20-15;/h2-3,6,8,10-11,13H,4-5,7,9,17H2,1H3,(H,18,20)(H,19,21);1H. The fraction of sp³-hybridized carbons (Fsp3) is 0.500. The number of benzene rings is 1. The number of sulfonamides is 1. The first-order valence-corrected chi connectivity index (χ1v) is 9.61. The highest BCUT2D eigenvalue weighted by molar-refractivity contribution is 7.90. The molecule has 1 amide bonds. The van der Waals surface area contributed by atoms with Crippen LogP contribution >= 0.6 is 12.4 Å². The van der Waals surface area contributed by atoms with Crippen LogP contribution in [0.2, 0.25) is 0 Å². The first-order chi connectivity index (χ1) is 11.4. The maximum Gasteiger partial charge on any atom is 0.263 e. The van der Waals surface area contributed by atoms with E-state index in [1.807, 2.05) is 0 Å². The molecule has 7 nitrogen and oxygen atoms in total. The third-order valence-corrected chi connectivity index (χ3v) is 6.05. The number of halogens is 1. The molecule has 4 N–H and O–H groups in total. The third-order valence-electron chi connectivity index (χ3n) is 4.65. The van der Waals surface area contributed by atoms with E-state index in [9.17, 15) is 13.2 Å². The van der Waals surface area contributed by atoms with Crippen LogP contribution in [0.25, 0.3) is 0 Å². The number of aliphatic imine (C=N–C) groups is 1. The van der Waals surface area contributed by atoms with Crippen LogP contribution in [-0.2, 0) is 14.8 Å². The van der Waals surface area contributed by atoms with Crippen molar-refractivity contribution in [2.75, 3.05) is 6.54 Å². The quantitative estimate of drug-likeness (QED) is 0.709. The molecule has 2 aliphatic rings. The van der Waals surface area contributed by atoms with E-state index < -0.39 is 16.1 Å². The van der Waals surface area contributed by atoms with Crippen LogP contribution in [0.3, 0.4) is 0 Å². The maximum atomic E-state index is 12.4. The molecule has 1 heterocycles. The minimum absolute atomic E-state index is 0. The van der Waals surface area contributed by atoms with Gasteiger partial charge in [-0.15, -0.1) is 12.4 Å². The summed E-state index contributed by atoms with van der Waals surface area (Å²) < 4.78 is 26.6. The lowest BCUT2D eigenvalue weighted by Gasteiger charge is -2.20. The van der Waals surface area contributed by atoms with Crippen molar-refractivity contribution in [2.24, 2.45) is 16.6 Å². The van der Waals surface area contributed by atoms with Crippen LogP contribution < -0.4 is 15.8 Å². The molecule has 1 saturated carbocycles. The van der Waals surface area contributed by atoms with Crippen LogP contribution in [-0.4, -0.2) is 38.8 Å². The molecule has 0 spiro atoms. The zero-order chi connectivity index (χ0) is 17.3. The first-order valence-electron chi connectivity index (χ1n) is 8.13. The smallest absolute Gasteiger partial charge is 0.263 e. The highest BCUT2D eigenvalue weighted by atomic mass is 35.5. The van der Waals surface area contributed by atoms with Gasteiger partial charge in [0, 0.05) is 11.6 Å². The average Bonchev–Trinajstić information content (AvgIpc) is 3.10. The minimum atomic E-state index is -3.59. The van der Waals surface area contributed by atoms with Crippen molar-refractivity contribution in [1.29, 1.82) is 0 Å². The van der Waals surface area contributed by atoms with Gasteiger partial charge in [-0.25, -0.2) is 8.42 Å². The number of amidine groups is 1. The lowest BCUT2D eigenvalue weighted by atomic mass is 10.0. The molecule has 1 aromatic rings. The fourth-order valence-electron chi connectivity index (χ4n) is 3.29. The summed E-state index contributed by atoms with van der Waals surface area (Å²) in [5, 5.41) is 3.00. The van der Waals surface area contributed by atoms with Gasteiger partial charge in [0.15, 0.2) is 0 Å². The van der Waals surface area contributed by atoms with Crippen molar-refractivity contribution in [3.8, 4) is 0 Å². The molecule has 1 fully saturated rings. The van der Waals surface area contributed by atoms with Crippen LogP contribution in [0.4, 0.5) is 0 Å². The van der Waals surface area contributed by atoms with E-state index in [-0.39, 0.29) is 35.1 Å². The summed E-state index contributed by atoms with van der Waals surface area (Å²) in [5.41, 5.74) is 6.23. The Hall–Kier alpha value is -1.64. The lowest BCUT2D eigenvalue weighted by molar-refractivity contribution is -0.122. The number of fused-ring (bicyclic) bond motifs is 1. The molecular formula is C16H23ClN4O3S. The van der Waals surface area contributed by atoms with Crippen LogP contribution in [0, 0.1) is 5.92 Å². The minimum Gasteiger partial charge on any atom is -0.351 e. The topological polar surface area (TPSA) is 114 Å². The summed E-state index contributed by atoms with van der Waals surface area (Å²) in [7, 11) is -3.59. The lowest BCUT2D eigenvalue weighted by Crippen LogP contribution is -2.43. The third kappa shape index (κ3) is 3.96. The van der Waals surface area contributed by atoms with Crippen molar-refractivity contribution < 1.29 is 13.2 Å². The molecule has 0 radical (unpaired) electrons. The molecule has 1 aromatic carbocycles. The molecule has 1 aliphatic carbocycles. The number of carbonyl (C=O) groups excluding carboxylic acids is 1. The molecule has 138 valence electrons. The molecule has 25 heavy (non-hydrogen) atoms. The molecule has 0 bridgehead atoms. The highest BCUT2D eigenvalue weighted by Crippen LogP contribution is 2.25. The second kappa shape index (κ2) is 7.72. The van der Waals surface area contributed by atoms with Gasteiger partial charge in [0.05, 0.1) is 4.90 Å². The van der Waals surface area contributed by atoms with Crippen LogP contribution in [0.15, 0.2) is 34.2 Å². The van der Waals surface area contributed by atoms with Gasteiger partial charge >= 0.3 is 0 Å². The molecule has 3 unspecified atom stereocenters. The van der Waals surface area contributed by atoms with Gasteiger partial charge in [-0.2, -0.15) is 0 Å². The Morgan fingerprint density at radius 3 is 2.84 bits per heavy atom. The number of amides is 1. The van der Waals surface area contributed by atoms with Gasteiger partial charge in [-0.05, 0) is 44.4 Å². The van der Waals surface area contributed by atoms with Crippen molar-refractivity contribution in [3.63, 3.8) is 0 Å². The Kier molecular flexibility index (Phi) is 6.08. The summed E-state index contributed by atoms with van der Waals surface area (Å²) in [6.07, 6.45) is 3.01. The Morgan fingerprint density at radius 1 is 1.40 bits per heavy atom. The van der Waals surface area contributed by atoms with E-state index >= 15 is 0 Å². The Morgan fingerprint density at radius 2 is 2.12 bits per heavy atom. The maximum absolute atomic E-state index is 12.4. The van der Waals surface area contributed by atoms with E-state index in [0.29, 0.717) is 18.0 Å². The molecule has 0 saturated heterocycles. The highest BCUT2D eigenvalue weighted by Gasteiger charge is 2.32. The monoisotopic (exact) mass is 386 g/mol. The normalized spacial score (nSPS) is 26.4. The van der Waals surface area contributed by atoms with Crippen molar-refractivity contribution in [1.82, 2.24) is 10.0 Å².